The average molecular weight is 487 g/mol. The Morgan fingerprint density at radius 1 is 1.08 bits per heavy atom. The highest BCUT2D eigenvalue weighted by Crippen LogP contribution is 2.31. The highest BCUT2D eigenvalue weighted by atomic mass is 79.9. The highest BCUT2D eigenvalue weighted by molar-refractivity contribution is 9.13. The standard InChI is InChI=1S/C15H9Br2N3O4S/c16-9-6-8(15(21)22)12(7-10(9)17)20-25(23,24)13-3-1-2-11-14(13)19-5-4-18-11/h1-7,20H,(H,21,22). The minimum absolute atomic E-state index is 0.0662. The number of rotatable bonds is 4. The molecule has 0 atom stereocenters. The predicted molar refractivity (Wildman–Crippen MR) is 99.1 cm³/mol. The van der Waals surface area contributed by atoms with E-state index in [0.717, 1.165) is 0 Å². The van der Waals surface area contributed by atoms with E-state index < -0.39 is 16.0 Å². The van der Waals surface area contributed by atoms with Crippen LogP contribution >= 0.6 is 31.9 Å². The Hall–Kier alpha value is -2.04. The van der Waals surface area contributed by atoms with Gasteiger partial charge in [0.2, 0.25) is 0 Å². The van der Waals surface area contributed by atoms with Crippen LogP contribution in [0.4, 0.5) is 5.69 Å². The number of benzene rings is 2. The van der Waals surface area contributed by atoms with E-state index in [1.165, 1.54) is 30.6 Å². The van der Waals surface area contributed by atoms with Gasteiger partial charge < -0.3 is 5.11 Å². The molecule has 0 radical (unpaired) electrons. The van der Waals surface area contributed by atoms with Gasteiger partial charge in [-0.15, -0.1) is 0 Å². The Kier molecular flexibility index (Phi) is 4.76. The summed E-state index contributed by atoms with van der Waals surface area (Å²) in [7, 11) is -4.08. The molecule has 25 heavy (non-hydrogen) atoms. The molecule has 0 aliphatic heterocycles. The summed E-state index contributed by atoms with van der Waals surface area (Å²) >= 11 is 6.44. The molecule has 1 heterocycles. The fourth-order valence-electron chi connectivity index (χ4n) is 2.19. The summed E-state index contributed by atoms with van der Waals surface area (Å²) in [6.45, 7) is 0. The zero-order chi connectivity index (χ0) is 18.2. The quantitative estimate of drug-likeness (QED) is 0.582. The van der Waals surface area contributed by atoms with Gasteiger partial charge in [0.05, 0.1) is 16.8 Å². The monoisotopic (exact) mass is 485 g/mol. The summed E-state index contributed by atoms with van der Waals surface area (Å²) in [4.78, 5) is 19.5. The number of fused-ring (bicyclic) bond motifs is 1. The van der Waals surface area contributed by atoms with Gasteiger partial charge in [0.1, 0.15) is 10.4 Å². The van der Waals surface area contributed by atoms with E-state index in [2.05, 4.69) is 46.5 Å². The van der Waals surface area contributed by atoms with Gasteiger partial charge in [-0.25, -0.2) is 13.2 Å². The second kappa shape index (κ2) is 6.70. The number of carboxylic acid groups (broad SMARTS) is 1. The first-order valence-corrected chi connectivity index (χ1v) is 9.81. The molecule has 3 aromatic rings. The van der Waals surface area contributed by atoms with Crippen molar-refractivity contribution in [2.75, 3.05) is 4.72 Å². The van der Waals surface area contributed by atoms with Crippen molar-refractivity contribution in [1.29, 1.82) is 0 Å². The van der Waals surface area contributed by atoms with E-state index in [9.17, 15) is 18.3 Å². The Balaban J connectivity index is 2.14. The van der Waals surface area contributed by atoms with E-state index in [4.69, 9.17) is 0 Å². The van der Waals surface area contributed by atoms with Gasteiger partial charge in [-0.3, -0.25) is 14.7 Å². The molecule has 0 spiro atoms. The third-order valence-corrected chi connectivity index (χ3v) is 6.53. The van der Waals surface area contributed by atoms with Gasteiger partial charge in [0.25, 0.3) is 10.0 Å². The van der Waals surface area contributed by atoms with Gasteiger partial charge in [0, 0.05) is 21.3 Å². The Labute approximate surface area is 159 Å². The Morgan fingerprint density at radius 2 is 1.76 bits per heavy atom. The number of hydrogen-bond donors (Lipinski definition) is 2. The van der Waals surface area contributed by atoms with E-state index in [0.29, 0.717) is 14.5 Å². The van der Waals surface area contributed by atoms with E-state index >= 15 is 0 Å². The van der Waals surface area contributed by atoms with Crippen molar-refractivity contribution in [1.82, 2.24) is 9.97 Å². The third kappa shape index (κ3) is 3.51. The van der Waals surface area contributed by atoms with Crippen molar-refractivity contribution in [3.05, 3.63) is 57.2 Å². The number of nitrogens with one attached hydrogen (secondary N) is 1. The maximum atomic E-state index is 12.8. The molecule has 0 saturated heterocycles. The number of aromatic carboxylic acids is 1. The van der Waals surface area contributed by atoms with Crippen LogP contribution in [0.2, 0.25) is 0 Å². The summed E-state index contributed by atoms with van der Waals surface area (Å²) in [5.74, 6) is -1.26. The molecule has 128 valence electrons. The predicted octanol–water partition coefficient (Wildman–Crippen LogP) is 3.65. The van der Waals surface area contributed by atoms with Crippen LogP contribution in [0, 0.1) is 0 Å². The Bertz CT molecular complexity index is 1100. The van der Waals surface area contributed by atoms with E-state index in [1.807, 2.05) is 0 Å². The molecular formula is C15H9Br2N3O4S. The van der Waals surface area contributed by atoms with Crippen molar-refractivity contribution in [3.8, 4) is 0 Å². The van der Waals surface area contributed by atoms with Crippen molar-refractivity contribution in [2.45, 2.75) is 4.90 Å². The second-order valence-corrected chi connectivity index (χ2v) is 8.26. The number of anilines is 1. The van der Waals surface area contributed by atoms with Crippen LogP contribution in [0.25, 0.3) is 11.0 Å². The summed E-state index contributed by atoms with van der Waals surface area (Å²) in [6.07, 6.45) is 2.85. The minimum atomic E-state index is -4.08. The van der Waals surface area contributed by atoms with E-state index in [-0.39, 0.29) is 21.7 Å². The summed E-state index contributed by atoms with van der Waals surface area (Å²) in [5, 5.41) is 9.33. The van der Waals surface area contributed by atoms with Crippen LogP contribution in [0.3, 0.4) is 0 Å². The third-order valence-electron chi connectivity index (χ3n) is 3.29. The summed E-state index contributed by atoms with van der Waals surface area (Å²) < 4.78 is 28.9. The molecule has 0 unspecified atom stereocenters. The van der Waals surface area contributed by atoms with Crippen LogP contribution in [0.1, 0.15) is 10.4 Å². The number of halogens is 2. The van der Waals surface area contributed by atoms with Crippen molar-refractivity contribution >= 4 is 64.6 Å². The molecule has 1 aromatic heterocycles. The fourth-order valence-corrected chi connectivity index (χ4v) is 4.12. The molecule has 0 amide bonds. The van der Waals surface area contributed by atoms with Crippen molar-refractivity contribution < 1.29 is 18.3 Å². The number of carbonyl (C=O) groups is 1. The van der Waals surface area contributed by atoms with E-state index in [1.54, 1.807) is 12.1 Å². The van der Waals surface area contributed by atoms with Gasteiger partial charge in [-0.05, 0) is 56.1 Å². The van der Waals surface area contributed by atoms with Crippen molar-refractivity contribution in [3.63, 3.8) is 0 Å². The molecular weight excluding hydrogens is 478 g/mol. The fraction of sp³-hybridized carbons (Fsp3) is 0. The minimum Gasteiger partial charge on any atom is -0.478 e. The molecule has 3 rings (SSSR count). The molecule has 0 saturated carbocycles. The van der Waals surface area contributed by atoms with Crippen LogP contribution in [-0.4, -0.2) is 29.5 Å². The van der Waals surface area contributed by atoms with Crippen LogP contribution in [-0.2, 0) is 10.0 Å². The molecule has 0 fully saturated rings. The number of nitrogens with zero attached hydrogens (tertiary/aromatic N) is 2. The molecule has 0 bridgehead atoms. The summed E-state index contributed by atoms with van der Waals surface area (Å²) in [6, 6.07) is 7.25. The lowest BCUT2D eigenvalue weighted by atomic mass is 10.2. The van der Waals surface area contributed by atoms with Crippen LogP contribution < -0.4 is 4.72 Å². The number of carboxylic acids is 1. The van der Waals surface area contributed by atoms with Gasteiger partial charge in [-0.1, -0.05) is 6.07 Å². The first-order chi connectivity index (χ1) is 11.8. The maximum absolute atomic E-state index is 12.8. The smallest absolute Gasteiger partial charge is 0.337 e. The normalized spacial score (nSPS) is 11.4. The molecule has 10 heteroatoms. The lowest BCUT2D eigenvalue weighted by Crippen LogP contribution is -2.16. The molecule has 0 aliphatic carbocycles. The van der Waals surface area contributed by atoms with Gasteiger partial charge in [0.15, 0.2) is 0 Å². The Morgan fingerprint density at radius 3 is 2.48 bits per heavy atom. The lowest BCUT2D eigenvalue weighted by molar-refractivity contribution is 0.0698. The summed E-state index contributed by atoms with van der Waals surface area (Å²) in [5.41, 5.74) is 0.361. The van der Waals surface area contributed by atoms with Crippen LogP contribution in [0.15, 0.2) is 56.6 Å². The highest BCUT2D eigenvalue weighted by Gasteiger charge is 2.22. The zero-order valence-electron chi connectivity index (χ0n) is 12.3. The SMILES string of the molecule is O=C(O)c1cc(Br)c(Br)cc1NS(=O)(=O)c1cccc2nccnc12. The first-order valence-electron chi connectivity index (χ1n) is 6.74. The van der Waals surface area contributed by atoms with Crippen molar-refractivity contribution in [2.24, 2.45) is 0 Å². The number of hydrogen-bond acceptors (Lipinski definition) is 5. The zero-order valence-corrected chi connectivity index (χ0v) is 16.3. The van der Waals surface area contributed by atoms with Gasteiger partial charge >= 0.3 is 5.97 Å². The van der Waals surface area contributed by atoms with Gasteiger partial charge in [-0.2, -0.15) is 0 Å². The topological polar surface area (TPSA) is 109 Å². The molecule has 2 N–H and O–H groups in total. The molecule has 2 aromatic carbocycles. The first kappa shape index (κ1) is 17.8. The number of aromatic nitrogens is 2. The number of para-hydroxylation sites is 1. The lowest BCUT2D eigenvalue weighted by Gasteiger charge is -2.13. The average Bonchev–Trinajstić information content (AvgIpc) is 2.57. The number of sulfonamides is 1. The van der Waals surface area contributed by atoms with Crippen LogP contribution in [0.5, 0.6) is 0 Å². The molecule has 7 nitrogen and oxygen atoms in total. The second-order valence-electron chi connectivity index (χ2n) is 4.90. The molecule has 0 aliphatic rings. The largest absolute Gasteiger partial charge is 0.478 e. The maximum Gasteiger partial charge on any atom is 0.337 e.